The van der Waals surface area contributed by atoms with Crippen LogP contribution in [0.5, 0.6) is 11.5 Å². The van der Waals surface area contributed by atoms with E-state index in [0.717, 1.165) is 5.56 Å². The Bertz CT molecular complexity index is 1420. The standard InChI is InChI=1S/C26H21Cl2N5O3/c1-4-22(34)32-17-10-6-5-8-15(17)18-12-19(31-14-30-18)16-9-7-11-29-26(16)33-25-23(27)20(35-2)13-21(36-3)24(25)28/h4-14H,1H2,2-3H3,(H,29,33)(H,32,34). The van der Waals surface area contributed by atoms with E-state index < -0.39 is 0 Å². The van der Waals surface area contributed by atoms with Gasteiger partial charge in [-0.3, -0.25) is 4.79 Å². The molecule has 4 aromatic rings. The first-order chi connectivity index (χ1) is 17.5. The van der Waals surface area contributed by atoms with Gasteiger partial charge in [-0.2, -0.15) is 0 Å². The highest BCUT2D eigenvalue weighted by atomic mass is 35.5. The molecule has 0 bridgehead atoms. The molecular formula is C26H21Cl2N5O3. The van der Waals surface area contributed by atoms with Crippen LogP contribution >= 0.6 is 23.2 Å². The molecule has 2 N–H and O–H groups in total. The van der Waals surface area contributed by atoms with Gasteiger partial charge in [-0.05, 0) is 30.3 Å². The summed E-state index contributed by atoms with van der Waals surface area (Å²) in [6.45, 7) is 3.50. The molecular weight excluding hydrogens is 501 g/mol. The Kier molecular flexibility index (Phi) is 7.68. The molecule has 0 saturated heterocycles. The van der Waals surface area contributed by atoms with Crippen molar-refractivity contribution < 1.29 is 14.3 Å². The van der Waals surface area contributed by atoms with Crippen LogP contribution in [0.15, 0.2) is 73.7 Å². The minimum absolute atomic E-state index is 0.273. The van der Waals surface area contributed by atoms with Crippen molar-refractivity contribution in [2.24, 2.45) is 0 Å². The van der Waals surface area contributed by atoms with Gasteiger partial charge in [0.25, 0.3) is 0 Å². The number of carbonyl (C=O) groups excluding carboxylic acids is 1. The number of pyridine rings is 1. The Labute approximate surface area is 217 Å². The van der Waals surface area contributed by atoms with E-state index in [-0.39, 0.29) is 16.0 Å². The second-order valence-electron chi connectivity index (χ2n) is 7.34. The number of ether oxygens (including phenoxy) is 2. The largest absolute Gasteiger partial charge is 0.495 e. The Balaban J connectivity index is 1.77. The number of hydrogen-bond donors (Lipinski definition) is 2. The van der Waals surface area contributed by atoms with Crippen LogP contribution in [0.25, 0.3) is 22.5 Å². The lowest BCUT2D eigenvalue weighted by molar-refractivity contribution is -0.111. The molecule has 2 heterocycles. The molecule has 0 unspecified atom stereocenters. The summed E-state index contributed by atoms with van der Waals surface area (Å²) in [6, 6.07) is 14.4. The van der Waals surface area contributed by atoms with Crippen molar-refractivity contribution in [2.45, 2.75) is 0 Å². The lowest BCUT2D eigenvalue weighted by atomic mass is 10.1. The highest BCUT2D eigenvalue weighted by Crippen LogP contribution is 2.45. The molecule has 182 valence electrons. The summed E-state index contributed by atoms with van der Waals surface area (Å²) in [6.07, 6.45) is 4.29. The van der Waals surface area contributed by atoms with Gasteiger partial charge in [-0.25, -0.2) is 15.0 Å². The van der Waals surface area contributed by atoms with Gasteiger partial charge in [-0.1, -0.05) is 48.0 Å². The van der Waals surface area contributed by atoms with Crippen molar-refractivity contribution >= 4 is 46.3 Å². The number of nitrogens with zero attached hydrogens (tertiary/aromatic N) is 3. The second-order valence-corrected chi connectivity index (χ2v) is 8.09. The van der Waals surface area contributed by atoms with E-state index in [0.29, 0.717) is 45.6 Å². The number of hydrogen-bond acceptors (Lipinski definition) is 7. The summed E-state index contributed by atoms with van der Waals surface area (Å²) in [5.74, 6) is 0.910. The molecule has 2 aromatic carbocycles. The number of amides is 1. The van der Waals surface area contributed by atoms with Crippen LogP contribution in [-0.2, 0) is 4.79 Å². The van der Waals surface area contributed by atoms with E-state index in [1.54, 1.807) is 30.5 Å². The lowest BCUT2D eigenvalue weighted by Crippen LogP contribution is -2.08. The Morgan fingerprint density at radius 3 is 2.22 bits per heavy atom. The van der Waals surface area contributed by atoms with Crippen LogP contribution in [-0.4, -0.2) is 35.1 Å². The van der Waals surface area contributed by atoms with E-state index in [2.05, 4.69) is 32.2 Å². The fourth-order valence-corrected chi connectivity index (χ4v) is 4.07. The summed E-state index contributed by atoms with van der Waals surface area (Å²) >= 11 is 13.1. The Hall–Kier alpha value is -4.14. The first-order valence-corrected chi connectivity index (χ1v) is 11.4. The third kappa shape index (κ3) is 5.10. The Morgan fingerprint density at radius 2 is 1.56 bits per heavy atom. The van der Waals surface area contributed by atoms with E-state index in [1.807, 2.05) is 24.3 Å². The smallest absolute Gasteiger partial charge is 0.247 e. The molecule has 0 radical (unpaired) electrons. The quantitative estimate of drug-likeness (QED) is 0.259. The number of halogens is 2. The van der Waals surface area contributed by atoms with Crippen LogP contribution in [0.4, 0.5) is 17.2 Å². The summed E-state index contributed by atoms with van der Waals surface area (Å²) in [4.78, 5) is 25.2. The zero-order chi connectivity index (χ0) is 25.7. The molecule has 0 fully saturated rings. The molecule has 0 aliphatic carbocycles. The Morgan fingerprint density at radius 1 is 0.917 bits per heavy atom. The lowest BCUT2D eigenvalue weighted by Gasteiger charge is -2.17. The fraction of sp³-hybridized carbons (Fsp3) is 0.0769. The van der Waals surface area contributed by atoms with E-state index >= 15 is 0 Å². The average molecular weight is 522 g/mol. The minimum Gasteiger partial charge on any atom is -0.495 e. The molecule has 0 aliphatic heterocycles. The molecule has 0 spiro atoms. The van der Waals surface area contributed by atoms with Gasteiger partial charge in [0.2, 0.25) is 5.91 Å². The van der Waals surface area contributed by atoms with Crippen LogP contribution in [0.3, 0.4) is 0 Å². The molecule has 0 saturated carbocycles. The van der Waals surface area contributed by atoms with Gasteiger partial charge in [0, 0.05) is 23.4 Å². The molecule has 0 aliphatic rings. The van der Waals surface area contributed by atoms with Crippen molar-refractivity contribution in [3.63, 3.8) is 0 Å². The maximum Gasteiger partial charge on any atom is 0.247 e. The summed E-state index contributed by atoms with van der Waals surface area (Å²) in [5, 5.41) is 6.55. The monoisotopic (exact) mass is 521 g/mol. The zero-order valence-corrected chi connectivity index (χ0v) is 20.9. The number of carbonyl (C=O) groups is 1. The van der Waals surface area contributed by atoms with Gasteiger partial charge in [-0.15, -0.1) is 0 Å². The van der Waals surface area contributed by atoms with Crippen molar-refractivity contribution in [1.82, 2.24) is 15.0 Å². The highest BCUT2D eigenvalue weighted by molar-refractivity contribution is 6.41. The molecule has 10 heteroatoms. The zero-order valence-electron chi connectivity index (χ0n) is 19.4. The number of nitrogens with one attached hydrogen (secondary N) is 2. The second kappa shape index (κ2) is 11.1. The van der Waals surface area contributed by atoms with Gasteiger partial charge in [0.05, 0.1) is 37.0 Å². The van der Waals surface area contributed by atoms with Gasteiger partial charge < -0.3 is 20.1 Å². The SMILES string of the molecule is C=CC(=O)Nc1ccccc1-c1cc(-c2cccnc2Nc2c(Cl)c(OC)cc(OC)c2Cl)ncn1. The molecule has 0 atom stereocenters. The van der Waals surface area contributed by atoms with E-state index in [4.69, 9.17) is 32.7 Å². The number of para-hydroxylation sites is 1. The number of benzene rings is 2. The minimum atomic E-state index is -0.321. The first kappa shape index (κ1) is 25.0. The van der Waals surface area contributed by atoms with Gasteiger partial charge >= 0.3 is 0 Å². The maximum absolute atomic E-state index is 11.9. The van der Waals surface area contributed by atoms with Crippen molar-refractivity contribution in [3.05, 3.63) is 83.8 Å². The summed E-state index contributed by atoms with van der Waals surface area (Å²) < 4.78 is 10.7. The highest BCUT2D eigenvalue weighted by Gasteiger charge is 2.20. The van der Waals surface area contributed by atoms with Gasteiger partial charge in [0.15, 0.2) is 0 Å². The van der Waals surface area contributed by atoms with Crippen molar-refractivity contribution in [1.29, 1.82) is 0 Å². The maximum atomic E-state index is 11.9. The molecule has 8 nitrogen and oxygen atoms in total. The third-order valence-corrected chi connectivity index (χ3v) is 5.96. The number of methoxy groups -OCH3 is 2. The van der Waals surface area contributed by atoms with E-state index in [1.165, 1.54) is 26.6 Å². The van der Waals surface area contributed by atoms with Crippen LogP contribution in [0.2, 0.25) is 10.0 Å². The number of rotatable bonds is 8. The molecule has 2 aromatic heterocycles. The average Bonchev–Trinajstić information content (AvgIpc) is 2.91. The van der Waals surface area contributed by atoms with E-state index in [9.17, 15) is 4.79 Å². The van der Waals surface area contributed by atoms with Crippen molar-refractivity contribution in [3.8, 4) is 34.0 Å². The fourth-order valence-electron chi connectivity index (χ4n) is 3.48. The number of aromatic nitrogens is 3. The predicted octanol–water partition coefficient (Wildman–Crippen LogP) is 6.40. The van der Waals surface area contributed by atoms with Crippen LogP contribution < -0.4 is 20.1 Å². The summed E-state index contributed by atoms with van der Waals surface area (Å²) in [5.41, 5.74) is 3.55. The van der Waals surface area contributed by atoms with Crippen molar-refractivity contribution in [2.75, 3.05) is 24.9 Å². The summed E-state index contributed by atoms with van der Waals surface area (Å²) in [7, 11) is 3.00. The van der Waals surface area contributed by atoms with Gasteiger partial charge in [0.1, 0.15) is 33.7 Å². The molecule has 1 amide bonds. The number of anilines is 3. The molecule has 4 rings (SSSR count). The van der Waals surface area contributed by atoms with Crippen LogP contribution in [0, 0.1) is 0 Å². The normalized spacial score (nSPS) is 10.4. The predicted molar refractivity (Wildman–Crippen MR) is 142 cm³/mol. The first-order valence-electron chi connectivity index (χ1n) is 10.6. The third-order valence-electron chi connectivity index (χ3n) is 5.21. The molecule has 36 heavy (non-hydrogen) atoms. The van der Waals surface area contributed by atoms with Crippen LogP contribution in [0.1, 0.15) is 0 Å². The topological polar surface area (TPSA) is 98.3 Å².